The molecule has 1 rings (SSSR count). The van der Waals surface area contributed by atoms with Crippen LogP contribution in [0.3, 0.4) is 0 Å². The van der Waals surface area contributed by atoms with E-state index in [4.69, 9.17) is 4.74 Å². The van der Waals surface area contributed by atoms with Gasteiger partial charge >= 0.3 is 6.09 Å². The van der Waals surface area contributed by atoms with E-state index < -0.39 is 11.7 Å². The summed E-state index contributed by atoms with van der Waals surface area (Å²) in [6, 6.07) is 0. The number of H-pyrrole nitrogens is 1. The Morgan fingerprint density at radius 3 is 2.73 bits per heavy atom. The van der Waals surface area contributed by atoms with Crippen molar-refractivity contribution in [1.29, 1.82) is 0 Å². The number of rotatable bonds is 2. The second-order valence-corrected chi connectivity index (χ2v) is 4.39. The van der Waals surface area contributed by atoms with Crippen LogP contribution in [0.2, 0.25) is 0 Å². The lowest BCUT2D eigenvalue weighted by atomic mass is 10.2. The number of carbonyl (C=O) groups is 1. The molecular weight excluding hydrogens is 194 g/mol. The number of ether oxygens (including phenoxy) is 1. The second-order valence-electron chi connectivity index (χ2n) is 4.39. The van der Waals surface area contributed by atoms with E-state index >= 15 is 0 Å². The molecule has 0 aliphatic carbocycles. The summed E-state index contributed by atoms with van der Waals surface area (Å²) in [5, 5.41) is 9.31. The molecule has 1 aromatic rings. The van der Waals surface area contributed by atoms with Gasteiger partial charge in [-0.3, -0.25) is 5.10 Å². The van der Waals surface area contributed by atoms with Crippen LogP contribution in [-0.2, 0) is 11.3 Å². The molecule has 1 heterocycles. The van der Waals surface area contributed by atoms with Gasteiger partial charge in [0.25, 0.3) is 0 Å². The summed E-state index contributed by atoms with van der Waals surface area (Å²) in [7, 11) is 0. The van der Waals surface area contributed by atoms with Gasteiger partial charge in [-0.05, 0) is 33.3 Å². The molecular formula is C10H17N3O2. The van der Waals surface area contributed by atoms with Crippen molar-refractivity contribution < 1.29 is 9.53 Å². The Morgan fingerprint density at radius 2 is 2.27 bits per heavy atom. The molecule has 1 amide bonds. The monoisotopic (exact) mass is 211 g/mol. The van der Waals surface area contributed by atoms with Crippen molar-refractivity contribution in [3.8, 4) is 0 Å². The van der Waals surface area contributed by atoms with Crippen molar-refractivity contribution in [2.24, 2.45) is 0 Å². The first-order valence-electron chi connectivity index (χ1n) is 4.84. The molecule has 5 nitrogen and oxygen atoms in total. The average molecular weight is 211 g/mol. The predicted molar refractivity (Wildman–Crippen MR) is 56.4 cm³/mol. The van der Waals surface area contributed by atoms with Crippen LogP contribution in [0, 0.1) is 6.92 Å². The maximum atomic E-state index is 11.3. The molecule has 0 fully saturated rings. The minimum absolute atomic E-state index is 0.404. The van der Waals surface area contributed by atoms with E-state index in [9.17, 15) is 4.79 Å². The van der Waals surface area contributed by atoms with Crippen LogP contribution >= 0.6 is 0 Å². The molecule has 0 spiro atoms. The highest BCUT2D eigenvalue weighted by Gasteiger charge is 2.15. The predicted octanol–water partition coefficient (Wildman–Crippen LogP) is 1.74. The molecule has 0 aliphatic heterocycles. The number of nitrogens with zero attached hydrogens (tertiary/aromatic N) is 1. The summed E-state index contributed by atoms with van der Waals surface area (Å²) < 4.78 is 5.09. The number of aromatic amines is 1. The fourth-order valence-corrected chi connectivity index (χ4v) is 1.03. The van der Waals surface area contributed by atoms with Gasteiger partial charge < -0.3 is 10.1 Å². The summed E-state index contributed by atoms with van der Waals surface area (Å²) in [6.07, 6.45) is 1.29. The Labute approximate surface area is 89.2 Å². The maximum absolute atomic E-state index is 11.3. The van der Waals surface area contributed by atoms with Gasteiger partial charge in [-0.15, -0.1) is 0 Å². The molecule has 0 saturated carbocycles. The molecule has 0 aromatic carbocycles. The van der Waals surface area contributed by atoms with Gasteiger partial charge in [-0.2, -0.15) is 5.10 Å². The van der Waals surface area contributed by atoms with Crippen molar-refractivity contribution in [1.82, 2.24) is 15.5 Å². The lowest BCUT2D eigenvalue weighted by Gasteiger charge is -2.19. The van der Waals surface area contributed by atoms with E-state index in [0.29, 0.717) is 6.54 Å². The normalized spacial score (nSPS) is 11.2. The van der Waals surface area contributed by atoms with Crippen molar-refractivity contribution in [2.75, 3.05) is 0 Å². The first-order valence-corrected chi connectivity index (χ1v) is 4.84. The van der Waals surface area contributed by atoms with Gasteiger partial charge in [0.1, 0.15) is 5.60 Å². The number of nitrogens with one attached hydrogen (secondary N) is 2. The van der Waals surface area contributed by atoms with Crippen LogP contribution < -0.4 is 5.32 Å². The fourth-order valence-electron chi connectivity index (χ4n) is 1.03. The van der Waals surface area contributed by atoms with E-state index in [2.05, 4.69) is 15.5 Å². The standard InChI is InChI=1S/C10H17N3O2/c1-7-5-12-13-8(7)6-11-9(14)15-10(2,3)4/h5H,6H2,1-4H3,(H,11,14)(H,12,13). The van der Waals surface area contributed by atoms with Crippen LogP contribution in [0.5, 0.6) is 0 Å². The van der Waals surface area contributed by atoms with Crippen molar-refractivity contribution in [2.45, 2.75) is 39.8 Å². The van der Waals surface area contributed by atoms with Gasteiger partial charge in [0.2, 0.25) is 0 Å². The number of amides is 1. The highest BCUT2D eigenvalue weighted by atomic mass is 16.6. The SMILES string of the molecule is Cc1cn[nH]c1CNC(=O)OC(C)(C)C. The van der Waals surface area contributed by atoms with Gasteiger partial charge in [0.15, 0.2) is 0 Å². The third kappa shape index (κ3) is 4.01. The van der Waals surface area contributed by atoms with Crippen LogP contribution in [0.1, 0.15) is 32.0 Å². The summed E-state index contributed by atoms with van der Waals surface area (Å²) in [5.41, 5.74) is 1.44. The number of alkyl carbamates (subject to hydrolysis) is 1. The Bertz CT molecular complexity index is 339. The molecule has 0 atom stereocenters. The number of carbonyl (C=O) groups excluding carboxylic acids is 1. The molecule has 0 bridgehead atoms. The zero-order valence-electron chi connectivity index (χ0n) is 9.55. The maximum Gasteiger partial charge on any atom is 0.407 e. The van der Waals surface area contributed by atoms with Crippen molar-refractivity contribution >= 4 is 6.09 Å². The van der Waals surface area contributed by atoms with Crippen molar-refractivity contribution in [3.63, 3.8) is 0 Å². The van der Waals surface area contributed by atoms with E-state index in [-0.39, 0.29) is 0 Å². The highest BCUT2D eigenvalue weighted by Crippen LogP contribution is 2.07. The summed E-state index contributed by atoms with van der Waals surface area (Å²) in [5.74, 6) is 0. The Balaban J connectivity index is 2.38. The number of aromatic nitrogens is 2. The average Bonchev–Trinajstić information content (AvgIpc) is 2.44. The zero-order valence-corrected chi connectivity index (χ0v) is 9.55. The van der Waals surface area contributed by atoms with Crippen LogP contribution in [0.25, 0.3) is 0 Å². The number of hydrogen-bond donors (Lipinski definition) is 2. The lowest BCUT2D eigenvalue weighted by molar-refractivity contribution is 0.0523. The second kappa shape index (κ2) is 4.33. The molecule has 1 aromatic heterocycles. The minimum Gasteiger partial charge on any atom is -0.444 e. The number of aryl methyl sites for hydroxylation is 1. The quantitative estimate of drug-likeness (QED) is 0.783. The van der Waals surface area contributed by atoms with E-state index in [1.807, 2.05) is 27.7 Å². The van der Waals surface area contributed by atoms with Crippen molar-refractivity contribution in [3.05, 3.63) is 17.5 Å². The third-order valence-electron chi connectivity index (χ3n) is 1.74. The van der Waals surface area contributed by atoms with Crippen LogP contribution in [-0.4, -0.2) is 21.9 Å². The summed E-state index contributed by atoms with van der Waals surface area (Å²) in [6.45, 7) is 7.81. The van der Waals surface area contributed by atoms with Gasteiger partial charge in [0, 0.05) is 0 Å². The van der Waals surface area contributed by atoms with E-state index in [1.54, 1.807) is 6.20 Å². The Kier molecular flexibility index (Phi) is 3.34. The summed E-state index contributed by atoms with van der Waals surface area (Å²) >= 11 is 0. The molecule has 0 unspecified atom stereocenters. The van der Waals surface area contributed by atoms with E-state index in [1.165, 1.54) is 0 Å². The Hall–Kier alpha value is -1.52. The minimum atomic E-state index is -0.465. The molecule has 2 N–H and O–H groups in total. The van der Waals surface area contributed by atoms with E-state index in [0.717, 1.165) is 11.3 Å². The first kappa shape index (κ1) is 11.6. The molecule has 5 heteroatoms. The first-order chi connectivity index (χ1) is 6.88. The van der Waals surface area contributed by atoms with Crippen LogP contribution in [0.15, 0.2) is 6.20 Å². The van der Waals surface area contributed by atoms with Gasteiger partial charge in [0.05, 0.1) is 18.4 Å². The summed E-state index contributed by atoms with van der Waals surface area (Å²) in [4.78, 5) is 11.3. The topological polar surface area (TPSA) is 67.0 Å². The third-order valence-corrected chi connectivity index (χ3v) is 1.74. The molecule has 0 aliphatic rings. The highest BCUT2D eigenvalue weighted by molar-refractivity contribution is 5.67. The molecule has 0 saturated heterocycles. The van der Waals surface area contributed by atoms with Gasteiger partial charge in [-0.1, -0.05) is 0 Å². The molecule has 84 valence electrons. The lowest BCUT2D eigenvalue weighted by Crippen LogP contribution is -2.32. The Morgan fingerprint density at radius 1 is 1.60 bits per heavy atom. The zero-order chi connectivity index (χ0) is 11.5. The largest absolute Gasteiger partial charge is 0.444 e. The number of hydrogen-bond acceptors (Lipinski definition) is 3. The van der Waals surface area contributed by atoms with Gasteiger partial charge in [-0.25, -0.2) is 4.79 Å². The molecule has 0 radical (unpaired) electrons. The molecule has 15 heavy (non-hydrogen) atoms. The van der Waals surface area contributed by atoms with Crippen LogP contribution in [0.4, 0.5) is 4.79 Å². The fraction of sp³-hybridized carbons (Fsp3) is 0.600. The smallest absolute Gasteiger partial charge is 0.407 e.